The van der Waals surface area contributed by atoms with Crippen molar-refractivity contribution < 1.29 is 9.53 Å². The van der Waals surface area contributed by atoms with Crippen LogP contribution in [0, 0.1) is 17.8 Å². The number of halogens is 1. The molecule has 5 nitrogen and oxygen atoms in total. The highest BCUT2D eigenvalue weighted by atomic mass is 79.9. The number of hydrogen-bond acceptors (Lipinski definition) is 3. The number of nitrogens with zero attached hydrogens (tertiary/aromatic N) is 2. The number of ether oxygens (including phenoxy) is 1. The average molecular weight is 410 g/mol. The van der Waals surface area contributed by atoms with Gasteiger partial charge in [0.1, 0.15) is 5.82 Å². The molecule has 0 spiro atoms. The number of aromatic nitrogens is 1. The van der Waals surface area contributed by atoms with E-state index >= 15 is 0 Å². The molecule has 3 rings (SSSR count). The lowest BCUT2D eigenvalue weighted by Gasteiger charge is -2.33. The molecule has 1 saturated heterocycles. The van der Waals surface area contributed by atoms with Crippen molar-refractivity contribution in [3.05, 3.63) is 22.8 Å². The second kappa shape index (κ2) is 8.99. The Hall–Kier alpha value is -1.14. The number of hydrogen-bond donors (Lipinski definition) is 1. The fourth-order valence-electron chi connectivity index (χ4n) is 3.51. The van der Waals surface area contributed by atoms with Crippen LogP contribution < -0.4 is 10.2 Å². The van der Waals surface area contributed by atoms with E-state index in [0.717, 1.165) is 43.0 Å². The minimum absolute atomic E-state index is 0.0347. The van der Waals surface area contributed by atoms with Gasteiger partial charge < -0.3 is 10.1 Å². The van der Waals surface area contributed by atoms with Gasteiger partial charge in [0, 0.05) is 37.0 Å². The number of amides is 2. The zero-order chi connectivity index (χ0) is 17.6. The van der Waals surface area contributed by atoms with E-state index in [4.69, 9.17) is 4.74 Å². The molecular formula is C19H28BrN3O2. The molecular weight excluding hydrogens is 382 g/mol. The summed E-state index contributed by atoms with van der Waals surface area (Å²) in [6.45, 7) is 5.25. The van der Waals surface area contributed by atoms with E-state index in [1.807, 2.05) is 12.1 Å². The Morgan fingerprint density at radius 2 is 2.12 bits per heavy atom. The van der Waals surface area contributed by atoms with E-state index in [1.165, 1.54) is 19.3 Å². The number of carbonyl (C=O) groups is 1. The van der Waals surface area contributed by atoms with E-state index in [1.54, 1.807) is 11.1 Å². The summed E-state index contributed by atoms with van der Waals surface area (Å²) in [5, 5.41) is 3.14. The van der Waals surface area contributed by atoms with E-state index in [2.05, 4.69) is 33.2 Å². The molecule has 1 unspecified atom stereocenters. The van der Waals surface area contributed by atoms with Crippen LogP contribution in [0.1, 0.15) is 39.0 Å². The second-order valence-electron chi connectivity index (χ2n) is 7.36. The van der Waals surface area contributed by atoms with Gasteiger partial charge in [-0.3, -0.25) is 4.90 Å². The summed E-state index contributed by atoms with van der Waals surface area (Å²) >= 11 is 3.41. The first-order valence-corrected chi connectivity index (χ1v) is 10.2. The number of pyridine rings is 1. The van der Waals surface area contributed by atoms with E-state index in [-0.39, 0.29) is 6.03 Å². The number of urea groups is 1. The van der Waals surface area contributed by atoms with Gasteiger partial charge >= 0.3 is 6.03 Å². The van der Waals surface area contributed by atoms with Crippen LogP contribution in [0.2, 0.25) is 0 Å². The summed E-state index contributed by atoms with van der Waals surface area (Å²) in [5.74, 6) is 2.49. The van der Waals surface area contributed by atoms with E-state index in [9.17, 15) is 4.79 Å². The molecule has 1 saturated carbocycles. The lowest BCUT2D eigenvalue weighted by Crippen LogP contribution is -2.46. The molecule has 2 heterocycles. The monoisotopic (exact) mass is 409 g/mol. The van der Waals surface area contributed by atoms with Crippen molar-refractivity contribution in [2.45, 2.75) is 39.0 Å². The van der Waals surface area contributed by atoms with Crippen molar-refractivity contribution >= 4 is 27.8 Å². The molecule has 1 aromatic heterocycles. The second-order valence-corrected chi connectivity index (χ2v) is 8.27. The van der Waals surface area contributed by atoms with E-state index in [0.29, 0.717) is 24.2 Å². The normalized spacial score (nSPS) is 19.9. The molecule has 25 heavy (non-hydrogen) atoms. The Labute approximate surface area is 158 Å². The van der Waals surface area contributed by atoms with E-state index < -0.39 is 0 Å². The van der Waals surface area contributed by atoms with Crippen LogP contribution in [0.4, 0.5) is 10.6 Å². The van der Waals surface area contributed by atoms with Gasteiger partial charge in [0.2, 0.25) is 0 Å². The molecule has 138 valence electrons. The summed E-state index contributed by atoms with van der Waals surface area (Å²) in [4.78, 5) is 19.1. The summed E-state index contributed by atoms with van der Waals surface area (Å²) < 4.78 is 6.36. The highest BCUT2D eigenvalue weighted by molar-refractivity contribution is 9.10. The topological polar surface area (TPSA) is 54.5 Å². The third kappa shape index (κ3) is 5.17. The molecule has 2 amide bonds. The molecule has 1 aromatic rings. The molecule has 6 heteroatoms. The Balaban J connectivity index is 1.63. The third-order valence-electron chi connectivity index (χ3n) is 5.54. The van der Waals surface area contributed by atoms with Crippen LogP contribution in [-0.4, -0.2) is 37.3 Å². The standard InChI is InChI=1S/C19H28BrN3O2/c1-14(16-3-2-4-16)11-22-19(24)23(13-15-7-9-25-10-8-15)18-6-5-17(20)12-21-18/h5-6,12,14-16H,2-4,7-11,13H2,1H3,(H,22,24). The SMILES string of the molecule is CC(CNC(=O)N(CC1CCOCC1)c1ccc(Br)cn1)C1CCC1. The molecule has 0 aromatic carbocycles. The van der Waals surface area contributed by atoms with Crippen molar-refractivity contribution in [3.8, 4) is 0 Å². The highest BCUT2D eigenvalue weighted by Crippen LogP contribution is 2.32. The Morgan fingerprint density at radius 1 is 1.36 bits per heavy atom. The number of carbonyl (C=O) groups excluding carboxylic acids is 1. The minimum Gasteiger partial charge on any atom is -0.381 e. The first kappa shape index (κ1) is 18.6. The van der Waals surface area contributed by atoms with Crippen LogP contribution in [0.3, 0.4) is 0 Å². The molecule has 1 aliphatic heterocycles. The number of nitrogens with one attached hydrogen (secondary N) is 1. The smallest absolute Gasteiger partial charge is 0.323 e. The molecule has 2 aliphatic rings. The molecule has 2 fully saturated rings. The van der Waals surface area contributed by atoms with Gasteiger partial charge in [-0.2, -0.15) is 0 Å². The van der Waals surface area contributed by atoms with Gasteiger partial charge in [-0.15, -0.1) is 0 Å². The zero-order valence-corrected chi connectivity index (χ0v) is 16.5. The first-order valence-electron chi connectivity index (χ1n) is 9.38. The Kier molecular flexibility index (Phi) is 6.70. The van der Waals surface area contributed by atoms with Gasteiger partial charge in [-0.1, -0.05) is 26.2 Å². The average Bonchev–Trinajstić information content (AvgIpc) is 2.58. The number of rotatable bonds is 6. The fraction of sp³-hybridized carbons (Fsp3) is 0.684. The van der Waals surface area contributed by atoms with Gasteiger partial charge in [-0.25, -0.2) is 9.78 Å². The van der Waals surface area contributed by atoms with Gasteiger partial charge in [-0.05, 0) is 58.7 Å². The molecule has 1 aliphatic carbocycles. The molecule has 0 radical (unpaired) electrons. The number of anilines is 1. The summed E-state index contributed by atoms with van der Waals surface area (Å²) in [5.41, 5.74) is 0. The predicted octanol–water partition coefficient (Wildman–Crippen LogP) is 4.22. The molecule has 1 atom stereocenters. The van der Waals surface area contributed by atoms with Crippen molar-refractivity contribution in [2.24, 2.45) is 17.8 Å². The van der Waals surface area contributed by atoms with Gasteiger partial charge in [0.15, 0.2) is 0 Å². The summed E-state index contributed by atoms with van der Waals surface area (Å²) in [7, 11) is 0. The first-order chi connectivity index (χ1) is 12.1. The summed E-state index contributed by atoms with van der Waals surface area (Å²) in [6, 6.07) is 3.80. The van der Waals surface area contributed by atoms with Gasteiger partial charge in [0.25, 0.3) is 0 Å². The van der Waals surface area contributed by atoms with Crippen molar-refractivity contribution in [1.29, 1.82) is 0 Å². The Morgan fingerprint density at radius 3 is 2.72 bits per heavy atom. The fourth-order valence-corrected chi connectivity index (χ4v) is 3.75. The van der Waals surface area contributed by atoms with Crippen LogP contribution >= 0.6 is 15.9 Å². The lowest BCUT2D eigenvalue weighted by molar-refractivity contribution is 0.0685. The maximum atomic E-state index is 12.9. The summed E-state index contributed by atoms with van der Waals surface area (Å²) in [6.07, 6.45) is 7.68. The van der Waals surface area contributed by atoms with Crippen molar-refractivity contribution in [3.63, 3.8) is 0 Å². The zero-order valence-electron chi connectivity index (χ0n) is 14.9. The molecule has 0 bridgehead atoms. The Bertz CT molecular complexity index is 556. The largest absolute Gasteiger partial charge is 0.381 e. The van der Waals surface area contributed by atoms with Gasteiger partial charge in [0.05, 0.1) is 0 Å². The predicted molar refractivity (Wildman–Crippen MR) is 103 cm³/mol. The van der Waals surface area contributed by atoms with Crippen LogP contribution in [0.15, 0.2) is 22.8 Å². The lowest BCUT2D eigenvalue weighted by atomic mass is 9.77. The van der Waals surface area contributed by atoms with Crippen molar-refractivity contribution in [2.75, 3.05) is 31.2 Å². The van der Waals surface area contributed by atoms with Crippen LogP contribution in [0.5, 0.6) is 0 Å². The molecule has 1 N–H and O–H groups in total. The maximum absolute atomic E-state index is 12.9. The van der Waals surface area contributed by atoms with Crippen LogP contribution in [-0.2, 0) is 4.74 Å². The minimum atomic E-state index is -0.0347. The van der Waals surface area contributed by atoms with Crippen molar-refractivity contribution in [1.82, 2.24) is 10.3 Å². The quantitative estimate of drug-likeness (QED) is 0.764. The highest BCUT2D eigenvalue weighted by Gasteiger charge is 2.26. The third-order valence-corrected chi connectivity index (χ3v) is 6.01. The maximum Gasteiger partial charge on any atom is 0.323 e. The van der Waals surface area contributed by atoms with Crippen LogP contribution in [0.25, 0.3) is 0 Å².